The van der Waals surface area contributed by atoms with Crippen LogP contribution in [0.5, 0.6) is 0 Å². The summed E-state index contributed by atoms with van der Waals surface area (Å²) in [5.74, 6) is 0.436. The minimum Gasteiger partial charge on any atom is -0.378 e. The van der Waals surface area contributed by atoms with Crippen LogP contribution in [0.1, 0.15) is 19.8 Å². The molecule has 2 fully saturated rings. The Bertz CT molecular complexity index is 374. The zero-order valence-electron chi connectivity index (χ0n) is 10.9. The van der Waals surface area contributed by atoms with E-state index in [9.17, 15) is 8.42 Å². The second kappa shape index (κ2) is 5.83. The first-order valence-electron chi connectivity index (χ1n) is 6.60. The number of hydrogen-bond acceptors (Lipinski definition) is 4. The summed E-state index contributed by atoms with van der Waals surface area (Å²) < 4.78 is 33.6. The van der Waals surface area contributed by atoms with Crippen molar-refractivity contribution in [2.45, 2.75) is 25.8 Å². The van der Waals surface area contributed by atoms with Crippen molar-refractivity contribution in [2.75, 3.05) is 39.4 Å². The topological polar surface area (TPSA) is 75.9 Å². The molecule has 7 heteroatoms. The van der Waals surface area contributed by atoms with Gasteiger partial charge in [-0.2, -0.15) is 17.0 Å². The van der Waals surface area contributed by atoms with Crippen LogP contribution in [0.25, 0.3) is 0 Å². The number of morpholine rings is 1. The fraction of sp³-hybridized carbons (Fsp3) is 1.00. The highest BCUT2D eigenvalue weighted by atomic mass is 32.2. The maximum Gasteiger partial charge on any atom is 0.282 e. The van der Waals surface area contributed by atoms with Gasteiger partial charge >= 0.3 is 0 Å². The maximum atomic E-state index is 12.6. The number of nitrogens with zero attached hydrogens (tertiary/aromatic N) is 2. The summed E-state index contributed by atoms with van der Waals surface area (Å²) >= 11 is 0. The van der Waals surface area contributed by atoms with Crippen molar-refractivity contribution in [1.82, 2.24) is 8.61 Å². The maximum absolute atomic E-state index is 12.6. The summed E-state index contributed by atoms with van der Waals surface area (Å²) in [5, 5.41) is 0. The van der Waals surface area contributed by atoms with Crippen LogP contribution in [0.2, 0.25) is 0 Å². The predicted octanol–water partition coefficient (Wildman–Crippen LogP) is -0.377. The Kier molecular flexibility index (Phi) is 4.60. The summed E-state index contributed by atoms with van der Waals surface area (Å²) in [4.78, 5) is 0. The highest BCUT2D eigenvalue weighted by Gasteiger charge is 2.37. The molecule has 0 aromatic carbocycles. The lowest BCUT2D eigenvalue weighted by Crippen LogP contribution is -2.57. The quantitative estimate of drug-likeness (QED) is 0.763. The van der Waals surface area contributed by atoms with E-state index in [0.717, 1.165) is 12.8 Å². The molecule has 0 aromatic rings. The lowest BCUT2D eigenvalue weighted by molar-refractivity contribution is 0.0321. The number of nitrogens with two attached hydrogens (primary N) is 1. The van der Waals surface area contributed by atoms with E-state index < -0.39 is 10.2 Å². The molecule has 0 radical (unpaired) electrons. The fourth-order valence-electron chi connectivity index (χ4n) is 2.63. The minimum atomic E-state index is -3.37. The molecule has 0 amide bonds. The van der Waals surface area contributed by atoms with Gasteiger partial charge in [-0.15, -0.1) is 0 Å². The van der Waals surface area contributed by atoms with Crippen molar-refractivity contribution in [3.05, 3.63) is 0 Å². The number of piperidine rings is 1. The molecule has 0 aliphatic carbocycles. The van der Waals surface area contributed by atoms with Gasteiger partial charge in [0.15, 0.2) is 0 Å². The van der Waals surface area contributed by atoms with E-state index >= 15 is 0 Å². The zero-order valence-corrected chi connectivity index (χ0v) is 11.7. The molecule has 2 heterocycles. The minimum absolute atomic E-state index is 0.221. The second-order valence-electron chi connectivity index (χ2n) is 5.19. The van der Waals surface area contributed by atoms with Crippen LogP contribution >= 0.6 is 0 Å². The average Bonchev–Trinajstić information content (AvgIpc) is 2.38. The molecule has 0 aromatic heterocycles. The molecule has 0 bridgehead atoms. The van der Waals surface area contributed by atoms with Gasteiger partial charge in [-0.1, -0.05) is 6.92 Å². The molecule has 0 spiro atoms. The fourth-order valence-corrected chi connectivity index (χ4v) is 4.56. The van der Waals surface area contributed by atoms with Crippen molar-refractivity contribution in [2.24, 2.45) is 11.7 Å². The number of ether oxygens (including phenoxy) is 1. The summed E-state index contributed by atoms with van der Waals surface area (Å²) in [6.07, 6.45) is 2.05. The van der Waals surface area contributed by atoms with Crippen LogP contribution in [-0.2, 0) is 14.9 Å². The Labute approximate surface area is 109 Å². The van der Waals surface area contributed by atoms with Crippen LogP contribution < -0.4 is 5.73 Å². The molecular formula is C11H23N3O3S. The van der Waals surface area contributed by atoms with E-state index in [1.54, 1.807) is 4.31 Å². The molecule has 2 atom stereocenters. The first-order valence-corrected chi connectivity index (χ1v) is 8.00. The molecular weight excluding hydrogens is 254 g/mol. The molecule has 2 N–H and O–H groups in total. The van der Waals surface area contributed by atoms with Gasteiger partial charge in [-0.3, -0.25) is 0 Å². The highest BCUT2D eigenvalue weighted by molar-refractivity contribution is 7.86. The molecule has 6 nitrogen and oxygen atoms in total. The van der Waals surface area contributed by atoms with Crippen LogP contribution in [0.3, 0.4) is 0 Å². The number of rotatable bonds is 3. The third kappa shape index (κ3) is 2.85. The molecule has 106 valence electrons. The average molecular weight is 277 g/mol. The molecule has 18 heavy (non-hydrogen) atoms. The highest BCUT2D eigenvalue weighted by Crippen LogP contribution is 2.22. The Morgan fingerprint density at radius 1 is 1.39 bits per heavy atom. The van der Waals surface area contributed by atoms with Crippen molar-refractivity contribution in [3.63, 3.8) is 0 Å². The van der Waals surface area contributed by atoms with Gasteiger partial charge < -0.3 is 10.5 Å². The lowest BCUT2D eigenvalue weighted by atomic mass is 10.0. The van der Waals surface area contributed by atoms with Crippen LogP contribution in [-0.4, -0.2) is 62.5 Å². The van der Waals surface area contributed by atoms with Crippen molar-refractivity contribution in [3.8, 4) is 0 Å². The van der Waals surface area contributed by atoms with Gasteiger partial charge in [0.1, 0.15) is 0 Å². The van der Waals surface area contributed by atoms with Crippen LogP contribution in [0.4, 0.5) is 0 Å². The van der Waals surface area contributed by atoms with E-state index in [1.807, 2.05) is 0 Å². The van der Waals surface area contributed by atoms with Gasteiger partial charge in [0.25, 0.3) is 10.2 Å². The summed E-state index contributed by atoms with van der Waals surface area (Å²) in [6.45, 7) is 4.93. The standard InChI is InChI=1S/C11H23N3O3S/c1-10-3-2-4-13(8-10)18(15,16)14-5-6-17-9-11(14)7-12/h10-11H,2-9,12H2,1H3. The zero-order chi connectivity index (χ0) is 13.2. The largest absolute Gasteiger partial charge is 0.378 e. The van der Waals surface area contributed by atoms with E-state index in [1.165, 1.54) is 4.31 Å². The lowest BCUT2D eigenvalue weighted by Gasteiger charge is -2.39. The summed E-state index contributed by atoms with van der Waals surface area (Å²) in [7, 11) is -3.37. The Hall–Kier alpha value is -0.210. The smallest absolute Gasteiger partial charge is 0.282 e. The molecule has 2 aliphatic rings. The summed E-state index contributed by atoms with van der Waals surface area (Å²) in [6, 6.07) is -0.221. The van der Waals surface area contributed by atoms with Gasteiger partial charge in [0.2, 0.25) is 0 Å². The molecule has 2 unspecified atom stereocenters. The number of hydrogen-bond donors (Lipinski definition) is 1. The first-order chi connectivity index (χ1) is 8.55. The third-order valence-corrected chi connectivity index (χ3v) is 5.75. The van der Waals surface area contributed by atoms with Crippen LogP contribution in [0, 0.1) is 5.92 Å². The van der Waals surface area contributed by atoms with Crippen molar-refractivity contribution < 1.29 is 13.2 Å². The Balaban J connectivity index is 2.13. The monoisotopic (exact) mass is 277 g/mol. The molecule has 2 aliphatic heterocycles. The van der Waals surface area contributed by atoms with E-state index in [4.69, 9.17) is 10.5 Å². The molecule has 0 saturated carbocycles. The summed E-state index contributed by atoms with van der Waals surface area (Å²) in [5.41, 5.74) is 5.64. The van der Waals surface area contributed by atoms with Gasteiger partial charge in [0, 0.05) is 26.2 Å². The van der Waals surface area contributed by atoms with Crippen LogP contribution in [0.15, 0.2) is 0 Å². The predicted molar refractivity (Wildman–Crippen MR) is 69.3 cm³/mol. The third-order valence-electron chi connectivity index (χ3n) is 3.69. The normalized spacial score (nSPS) is 32.6. The molecule has 2 saturated heterocycles. The Morgan fingerprint density at radius 3 is 2.83 bits per heavy atom. The van der Waals surface area contributed by atoms with E-state index in [2.05, 4.69) is 6.92 Å². The van der Waals surface area contributed by atoms with Crippen molar-refractivity contribution >= 4 is 10.2 Å². The van der Waals surface area contributed by atoms with Crippen molar-refractivity contribution in [1.29, 1.82) is 0 Å². The van der Waals surface area contributed by atoms with Gasteiger partial charge in [-0.25, -0.2) is 0 Å². The Morgan fingerprint density at radius 2 is 2.17 bits per heavy atom. The van der Waals surface area contributed by atoms with Gasteiger partial charge in [-0.05, 0) is 18.8 Å². The second-order valence-corrected chi connectivity index (χ2v) is 7.07. The van der Waals surface area contributed by atoms with E-state index in [-0.39, 0.29) is 6.04 Å². The van der Waals surface area contributed by atoms with E-state index in [0.29, 0.717) is 45.3 Å². The molecule has 2 rings (SSSR count). The SMILES string of the molecule is CC1CCCN(S(=O)(=O)N2CCOCC2CN)C1. The first kappa shape index (κ1) is 14.2. The van der Waals surface area contributed by atoms with Gasteiger partial charge in [0.05, 0.1) is 19.3 Å².